The number of hydrogen-bond acceptors (Lipinski definition) is 5. The Kier molecular flexibility index (Phi) is 5.03. The van der Waals surface area contributed by atoms with Gasteiger partial charge in [0.2, 0.25) is 5.91 Å². The Labute approximate surface area is 162 Å². The van der Waals surface area contributed by atoms with Crippen molar-refractivity contribution in [3.05, 3.63) is 54.3 Å². The molecule has 1 aliphatic rings. The fourth-order valence-electron chi connectivity index (χ4n) is 3.48. The second kappa shape index (κ2) is 7.60. The third-order valence-corrected chi connectivity index (χ3v) is 5.99. The van der Waals surface area contributed by atoms with Gasteiger partial charge in [0.15, 0.2) is 16.7 Å². The predicted octanol–water partition coefficient (Wildman–Crippen LogP) is 3.85. The van der Waals surface area contributed by atoms with E-state index in [0.717, 1.165) is 24.4 Å². The van der Waals surface area contributed by atoms with Crippen molar-refractivity contribution in [2.24, 2.45) is 0 Å². The minimum Gasteiger partial charge on any atom is -0.461 e. The van der Waals surface area contributed by atoms with Crippen LogP contribution in [0.15, 0.2) is 58.3 Å². The number of aromatic nitrogens is 3. The highest BCUT2D eigenvalue weighted by Crippen LogP contribution is 2.41. The van der Waals surface area contributed by atoms with Crippen molar-refractivity contribution < 1.29 is 9.21 Å². The molecule has 2 heterocycles. The van der Waals surface area contributed by atoms with Gasteiger partial charge in [-0.1, -0.05) is 42.1 Å². The summed E-state index contributed by atoms with van der Waals surface area (Å²) in [6, 6.07) is 13.9. The highest BCUT2D eigenvalue weighted by atomic mass is 32.2. The van der Waals surface area contributed by atoms with E-state index in [9.17, 15) is 4.79 Å². The van der Waals surface area contributed by atoms with E-state index in [0.29, 0.717) is 23.9 Å². The summed E-state index contributed by atoms with van der Waals surface area (Å²) in [4.78, 5) is 12.6. The maximum Gasteiger partial charge on any atom is 0.231 e. The molecule has 1 fully saturated rings. The van der Waals surface area contributed by atoms with Crippen molar-refractivity contribution in [1.82, 2.24) is 20.1 Å². The van der Waals surface area contributed by atoms with Crippen molar-refractivity contribution in [2.45, 2.75) is 43.4 Å². The summed E-state index contributed by atoms with van der Waals surface area (Å²) in [5.41, 5.74) is 0.975. The van der Waals surface area contributed by atoms with Gasteiger partial charge in [-0.25, -0.2) is 0 Å². The molecule has 3 aromatic rings. The van der Waals surface area contributed by atoms with Crippen LogP contribution in [0.4, 0.5) is 0 Å². The fraction of sp³-hybridized carbons (Fsp3) is 0.350. The Balaban J connectivity index is 1.43. The van der Waals surface area contributed by atoms with Crippen LogP contribution in [0, 0.1) is 0 Å². The van der Waals surface area contributed by atoms with Crippen molar-refractivity contribution in [2.75, 3.05) is 5.75 Å². The van der Waals surface area contributed by atoms with E-state index < -0.39 is 0 Å². The molecule has 0 saturated heterocycles. The lowest BCUT2D eigenvalue weighted by Crippen LogP contribution is -2.51. The molecule has 1 saturated carbocycles. The van der Waals surface area contributed by atoms with Crippen LogP contribution >= 0.6 is 11.8 Å². The molecule has 0 unspecified atom stereocenters. The highest BCUT2D eigenvalue weighted by molar-refractivity contribution is 7.99. The summed E-state index contributed by atoms with van der Waals surface area (Å²) >= 11 is 1.40. The van der Waals surface area contributed by atoms with E-state index in [2.05, 4.69) is 27.6 Å². The molecule has 6 nitrogen and oxygen atoms in total. The standard InChI is InChI=1S/C20H22N4O2S/c1-2-24-18(16-10-6-13-26-16)22-23-19(24)27-14-17(25)21-20(11-7-12-20)15-8-4-3-5-9-15/h3-6,8-10,13H,2,7,11-12,14H2,1H3,(H,21,25). The molecule has 1 aromatic carbocycles. The zero-order valence-electron chi connectivity index (χ0n) is 15.2. The van der Waals surface area contributed by atoms with Crippen molar-refractivity contribution >= 4 is 17.7 Å². The molecule has 0 radical (unpaired) electrons. The normalized spacial score (nSPS) is 15.3. The third-order valence-electron chi connectivity index (χ3n) is 5.02. The summed E-state index contributed by atoms with van der Waals surface area (Å²) in [7, 11) is 0. The summed E-state index contributed by atoms with van der Waals surface area (Å²) in [6.07, 6.45) is 4.73. The zero-order valence-corrected chi connectivity index (χ0v) is 16.0. The van der Waals surface area contributed by atoms with E-state index in [-0.39, 0.29) is 11.4 Å². The molecule has 140 valence electrons. The molecule has 27 heavy (non-hydrogen) atoms. The SMILES string of the molecule is CCn1c(SCC(=O)NC2(c3ccccc3)CCC2)nnc1-c1ccco1. The lowest BCUT2D eigenvalue weighted by Gasteiger charge is -2.43. The largest absolute Gasteiger partial charge is 0.461 e. The first-order chi connectivity index (χ1) is 13.2. The van der Waals surface area contributed by atoms with Crippen LogP contribution < -0.4 is 5.32 Å². The van der Waals surface area contributed by atoms with E-state index in [1.54, 1.807) is 6.26 Å². The second-order valence-electron chi connectivity index (χ2n) is 6.67. The molecule has 0 spiro atoms. The van der Waals surface area contributed by atoms with E-state index in [1.165, 1.54) is 17.3 Å². The molecule has 1 aliphatic carbocycles. The van der Waals surface area contributed by atoms with Gasteiger partial charge in [-0.3, -0.25) is 9.36 Å². The number of nitrogens with zero attached hydrogens (tertiary/aromatic N) is 3. The molecule has 7 heteroatoms. The maximum atomic E-state index is 12.6. The summed E-state index contributed by atoms with van der Waals surface area (Å²) in [6.45, 7) is 2.74. The van der Waals surface area contributed by atoms with Crippen molar-refractivity contribution in [3.8, 4) is 11.6 Å². The topological polar surface area (TPSA) is 73.0 Å². The third kappa shape index (κ3) is 3.51. The molecule has 0 bridgehead atoms. The number of thioether (sulfide) groups is 1. The Hall–Kier alpha value is -2.54. The van der Waals surface area contributed by atoms with Gasteiger partial charge >= 0.3 is 0 Å². The number of hydrogen-bond donors (Lipinski definition) is 1. The Morgan fingerprint density at radius 3 is 2.67 bits per heavy atom. The van der Waals surface area contributed by atoms with Gasteiger partial charge in [0, 0.05) is 6.54 Å². The Bertz CT molecular complexity index is 901. The van der Waals surface area contributed by atoms with Crippen LogP contribution in [-0.4, -0.2) is 26.4 Å². The number of benzene rings is 1. The number of carbonyl (C=O) groups is 1. The van der Waals surface area contributed by atoms with Crippen LogP contribution in [0.5, 0.6) is 0 Å². The molecule has 4 rings (SSSR count). The van der Waals surface area contributed by atoms with Gasteiger partial charge < -0.3 is 9.73 Å². The van der Waals surface area contributed by atoms with Gasteiger partial charge in [0.25, 0.3) is 0 Å². The first kappa shape index (κ1) is 17.9. The molecule has 1 N–H and O–H groups in total. The van der Waals surface area contributed by atoms with Gasteiger partial charge in [-0.15, -0.1) is 10.2 Å². The molecule has 1 amide bonds. The van der Waals surface area contributed by atoms with E-state index >= 15 is 0 Å². The summed E-state index contributed by atoms with van der Waals surface area (Å²) < 4.78 is 7.39. The lowest BCUT2D eigenvalue weighted by molar-refractivity contribution is -0.121. The average molecular weight is 382 g/mol. The lowest BCUT2D eigenvalue weighted by atomic mass is 9.72. The van der Waals surface area contributed by atoms with Crippen LogP contribution in [0.1, 0.15) is 31.7 Å². The number of nitrogens with one attached hydrogen (secondary N) is 1. The number of amides is 1. The summed E-state index contributed by atoms with van der Waals surface area (Å²) in [5.74, 6) is 1.70. The van der Waals surface area contributed by atoms with Gasteiger partial charge in [-0.05, 0) is 43.9 Å². The van der Waals surface area contributed by atoms with Gasteiger partial charge in [0.05, 0.1) is 17.6 Å². The van der Waals surface area contributed by atoms with Crippen molar-refractivity contribution in [1.29, 1.82) is 0 Å². The molecule has 2 aromatic heterocycles. The Morgan fingerprint density at radius 2 is 2.04 bits per heavy atom. The molecular weight excluding hydrogens is 360 g/mol. The number of rotatable bonds is 7. The van der Waals surface area contributed by atoms with Crippen LogP contribution in [0.2, 0.25) is 0 Å². The van der Waals surface area contributed by atoms with Crippen LogP contribution in [0.3, 0.4) is 0 Å². The molecule has 0 aliphatic heterocycles. The van der Waals surface area contributed by atoms with E-state index in [1.807, 2.05) is 41.8 Å². The maximum absolute atomic E-state index is 12.6. The quantitative estimate of drug-likeness (QED) is 0.629. The predicted molar refractivity (Wildman–Crippen MR) is 104 cm³/mol. The highest BCUT2D eigenvalue weighted by Gasteiger charge is 2.39. The molecule has 0 atom stereocenters. The minimum absolute atomic E-state index is 0.0220. The Morgan fingerprint density at radius 1 is 1.22 bits per heavy atom. The zero-order chi connectivity index (χ0) is 18.7. The minimum atomic E-state index is -0.212. The number of furan rings is 1. The average Bonchev–Trinajstić information content (AvgIpc) is 3.32. The van der Waals surface area contributed by atoms with Crippen LogP contribution in [0.25, 0.3) is 11.6 Å². The van der Waals surface area contributed by atoms with Gasteiger partial charge in [0.1, 0.15) is 0 Å². The van der Waals surface area contributed by atoms with Crippen molar-refractivity contribution in [3.63, 3.8) is 0 Å². The van der Waals surface area contributed by atoms with Gasteiger partial charge in [-0.2, -0.15) is 0 Å². The van der Waals surface area contributed by atoms with E-state index in [4.69, 9.17) is 4.42 Å². The first-order valence-electron chi connectivity index (χ1n) is 9.18. The molecular formula is C20H22N4O2S. The smallest absolute Gasteiger partial charge is 0.231 e. The van der Waals surface area contributed by atoms with Crippen LogP contribution in [-0.2, 0) is 16.9 Å². The monoisotopic (exact) mass is 382 g/mol. The summed E-state index contributed by atoms with van der Waals surface area (Å²) in [5, 5.41) is 12.4. The fourth-order valence-corrected chi connectivity index (χ4v) is 4.28. The number of carbonyl (C=O) groups excluding carboxylic acids is 1. The first-order valence-corrected chi connectivity index (χ1v) is 10.2. The second-order valence-corrected chi connectivity index (χ2v) is 7.61.